The van der Waals surface area contributed by atoms with E-state index in [4.69, 9.17) is 0 Å². The van der Waals surface area contributed by atoms with Gasteiger partial charge in [-0.2, -0.15) is 0 Å². The molecule has 0 radical (unpaired) electrons. The predicted octanol–water partition coefficient (Wildman–Crippen LogP) is 3.60. The van der Waals surface area contributed by atoms with Crippen molar-refractivity contribution in [1.82, 2.24) is 0 Å². The summed E-state index contributed by atoms with van der Waals surface area (Å²) in [7, 11) is 0. The fourth-order valence-corrected chi connectivity index (χ4v) is 2.48. The summed E-state index contributed by atoms with van der Waals surface area (Å²) < 4.78 is 0. The average molecular weight is 258 g/mol. The van der Waals surface area contributed by atoms with Crippen molar-refractivity contribution < 1.29 is 15.3 Å². The lowest BCUT2D eigenvalue weighted by Crippen LogP contribution is -1.96. The van der Waals surface area contributed by atoms with Crippen molar-refractivity contribution in [1.29, 1.82) is 0 Å². The van der Waals surface area contributed by atoms with E-state index in [1.165, 1.54) is 6.07 Å². The molecule has 0 saturated carbocycles. The zero-order chi connectivity index (χ0) is 14.0. The van der Waals surface area contributed by atoms with Gasteiger partial charge in [-0.3, -0.25) is 0 Å². The summed E-state index contributed by atoms with van der Waals surface area (Å²) in [6.45, 7) is 3.98. The second kappa shape index (κ2) is 5.22. The maximum atomic E-state index is 10.1. The van der Waals surface area contributed by atoms with E-state index in [0.717, 1.165) is 28.7 Å². The molecule has 19 heavy (non-hydrogen) atoms. The van der Waals surface area contributed by atoms with E-state index in [-0.39, 0.29) is 17.2 Å². The lowest BCUT2D eigenvalue weighted by Gasteiger charge is -2.16. The molecule has 0 amide bonds. The Balaban J connectivity index is 2.71. The van der Waals surface area contributed by atoms with Gasteiger partial charge in [-0.1, -0.05) is 26.0 Å². The summed E-state index contributed by atoms with van der Waals surface area (Å²) in [5.41, 5.74) is 3.38. The van der Waals surface area contributed by atoms with Crippen LogP contribution < -0.4 is 0 Å². The minimum Gasteiger partial charge on any atom is -0.508 e. The summed E-state index contributed by atoms with van der Waals surface area (Å²) in [5.74, 6) is 0.396. The molecule has 0 aliphatic heterocycles. The highest BCUT2D eigenvalue weighted by molar-refractivity contribution is 5.77. The smallest absolute Gasteiger partial charge is 0.127 e. The predicted molar refractivity (Wildman–Crippen MR) is 75.6 cm³/mol. The van der Waals surface area contributed by atoms with Crippen LogP contribution in [-0.2, 0) is 12.8 Å². The van der Waals surface area contributed by atoms with Crippen LogP contribution in [0.4, 0.5) is 0 Å². The molecule has 0 bridgehead atoms. The van der Waals surface area contributed by atoms with Crippen molar-refractivity contribution in [2.45, 2.75) is 26.7 Å². The van der Waals surface area contributed by atoms with E-state index in [1.807, 2.05) is 13.8 Å². The molecule has 0 aliphatic carbocycles. The Morgan fingerprint density at radius 3 is 1.89 bits per heavy atom. The second-order valence-corrected chi connectivity index (χ2v) is 4.50. The number of rotatable bonds is 3. The van der Waals surface area contributed by atoms with Crippen molar-refractivity contribution >= 4 is 0 Å². The van der Waals surface area contributed by atoms with E-state index in [9.17, 15) is 15.3 Å². The van der Waals surface area contributed by atoms with E-state index in [1.54, 1.807) is 24.3 Å². The van der Waals surface area contributed by atoms with E-state index < -0.39 is 0 Å². The van der Waals surface area contributed by atoms with Gasteiger partial charge in [-0.25, -0.2) is 0 Å². The molecule has 0 aromatic heterocycles. The van der Waals surface area contributed by atoms with Gasteiger partial charge in [0.15, 0.2) is 0 Å². The van der Waals surface area contributed by atoms with Crippen LogP contribution >= 0.6 is 0 Å². The molecule has 3 heteroatoms. The summed E-state index contributed by atoms with van der Waals surface area (Å²) in [6.07, 6.45) is 1.43. The molecule has 0 fully saturated rings. The third kappa shape index (κ3) is 2.36. The summed E-state index contributed by atoms with van der Waals surface area (Å²) in [5, 5.41) is 29.4. The van der Waals surface area contributed by atoms with Gasteiger partial charge >= 0.3 is 0 Å². The Morgan fingerprint density at radius 1 is 0.789 bits per heavy atom. The van der Waals surface area contributed by atoms with Crippen LogP contribution in [0.2, 0.25) is 0 Å². The largest absolute Gasteiger partial charge is 0.508 e. The Bertz CT molecular complexity index is 586. The second-order valence-electron chi connectivity index (χ2n) is 4.50. The Morgan fingerprint density at radius 2 is 1.37 bits per heavy atom. The van der Waals surface area contributed by atoms with Gasteiger partial charge in [-0.15, -0.1) is 0 Å². The molecular weight excluding hydrogens is 240 g/mol. The average Bonchev–Trinajstić information content (AvgIpc) is 2.39. The molecule has 0 heterocycles. The number of benzene rings is 2. The molecule has 0 atom stereocenters. The van der Waals surface area contributed by atoms with Crippen molar-refractivity contribution in [3.63, 3.8) is 0 Å². The van der Waals surface area contributed by atoms with Crippen LogP contribution in [-0.4, -0.2) is 15.3 Å². The van der Waals surface area contributed by atoms with E-state index in [0.29, 0.717) is 6.42 Å². The quantitative estimate of drug-likeness (QED) is 0.788. The first-order valence-electron chi connectivity index (χ1n) is 6.44. The van der Waals surface area contributed by atoms with Crippen molar-refractivity contribution in [2.75, 3.05) is 0 Å². The summed E-state index contributed by atoms with van der Waals surface area (Å²) >= 11 is 0. The van der Waals surface area contributed by atoms with Crippen LogP contribution in [0, 0.1) is 0 Å². The van der Waals surface area contributed by atoms with Crippen LogP contribution in [0.1, 0.15) is 25.0 Å². The molecule has 2 rings (SSSR count). The maximum Gasteiger partial charge on any atom is 0.127 e. The Kier molecular flexibility index (Phi) is 3.65. The van der Waals surface area contributed by atoms with Crippen LogP contribution in [0.25, 0.3) is 11.1 Å². The number of phenols is 3. The van der Waals surface area contributed by atoms with Gasteiger partial charge in [-0.05, 0) is 41.7 Å². The molecule has 0 saturated heterocycles. The van der Waals surface area contributed by atoms with Gasteiger partial charge in [0.05, 0.1) is 0 Å². The standard InChI is InChI=1S/C16H18O3/c1-3-12-13(4-2)16(15(19)9-14(12)18)10-5-7-11(17)8-6-10/h5-9,17-19H,3-4H2,1-2H3. The van der Waals surface area contributed by atoms with E-state index >= 15 is 0 Å². The van der Waals surface area contributed by atoms with Gasteiger partial charge < -0.3 is 15.3 Å². The van der Waals surface area contributed by atoms with Crippen LogP contribution in [0.15, 0.2) is 30.3 Å². The lowest BCUT2D eigenvalue weighted by molar-refractivity contribution is 0.446. The minimum atomic E-state index is 0.0669. The third-order valence-electron chi connectivity index (χ3n) is 3.37. The summed E-state index contributed by atoms with van der Waals surface area (Å²) in [6, 6.07) is 8.10. The van der Waals surface area contributed by atoms with E-state index in [2.05, 4.69) is 0 Å². The van der Waals surface area contributed by atoms with Gasteiger partial charge in [0, 0.05) is 11.6 Å². The third-order valence-corrected chi connectivity index (χ3v) is 3.37. The summed E-state index contributed by atoms with van der Waals surface area (Å²) in [4.78, 5) is 0. The molecule has 0 spiro atoms. The molecule has 3 nitrogen and oxygen atoms in total. The highest BCUT2D eigenvalue weighted by Crippen LogP contribution is 2.40. The first kappa shape index (κ1) is 13.3. The van der Waals surface area contributed by atoms with Crippen molar-refractivity contribution in [2.24, 2.45) is 0 Å². The normalized spacial score (nSPS) is 10.6. The van der Waals surface area contributed by atoms with Crippen molar-refractivity contribution in [3.8, 4) is 28.4 Å². The monoisotopic (exact) mass is 258 g/mol. The number of phenolic OH excluding ortho intramolecular Hbond substituents is 3. The topological polar surface area (TPSA) is 60.7 Å². The minimum absolute atomic E-state index is 0.0669. The molecule has 2 aromatic rings. The fraction of sp³-hybridized carbons (Fsp3) is 0.250. The van der Waals surface area contributed by atoms with Gasteiger partial charge in [0.25, 0.3) is 0 Å². The van der Waals surface area contributed by atoms with Crippen LogP contribution in [0.5, 0.6) is 17.2 Å². The maximum absolute atomic E-state index is 10.1. The SMILES string of the molecule is CCc1c(O)cc(O)c(-c2ccc(O)cc2)c1CC. The van der Waals surface area contributed by atoms with Gasteiger partial charge in [0.2, 0.25) is 0 Å². The first-order chi connectivity index (χ1) is 9.08. The number of aromatic hydroxyl groups is 3. The van der Waals surface area contributed by atoms with Crippen LogP contribution in [0.3, 0.4) is 0 Å². The number of hydrogen-bond acceptors (Lipinski definition) is 3. The zero-order valence-electron chi connectivity index (χ0n) is 11.1. The molecule has 100 valence electrons. The zero-order valence-corrected chi connectivity index (χ0v) is 11.1. The molecular formula is C16H18O3. The molecule has 0 aliphatic rings. The molecule has 2 aromatic carbocycles. The number of hydrogen-bond donors (Lipinski definition) is 3. The Labute approximate surface area is 112 Å². The first-order valence-corrected chi connectivity index (χ1v) is 6.44. The highest BCUT2D eigenvalue weighted by atomic mass is 16.3. The van der Waals surface area contributed by atoms with Gasteiger partial charge in [0.1, 0.15) is 17.2 Å². The Hall–Kier alpha value is -2.16. The highest BCUT2D eigenvalue weighted by Gasteiger charge is 2.16. The lowest BCUT2D eigenvalue weighted by atomic mass is 9.91. The molecule has 3 N–H and O–H groups in total. The van der Waals surface area contributed by atoms with Crippen molar-refractivity contribution in [3.05, 3.63) is 41.5 Å². The molecule has 0 unspecified atom stereocenters. The fourth-order valence-electron chi connectivity index (χ4n) is 2.48.